The molecule has 1 heterocycles. The van der Waals surface area contributed by atoms with Gasteiger partial charge in [0.25, 0.3) is 5.91 Å². The normalized spacial score (nSPS) is 19.9. The average Bonchev–Trinajstić information content (AvgIpc) is 2.28. The fraction of sp³-hybridized carbons (Fsp3) is 0.364. The first-order valence-corrected chi connectivity index (χ1v) is 5.21. The Hall–Kier alpha value is -1.66. The molecular weight excluding hydrogens is 227 g/mol. The molecule has 92 valence electrons. The molecule has 1 saturated heterocycles. The van der Waals surface area contributed by atoms with E-state index in [4.69, 9.17) is 15.2 Å². The SMILES string of the molecule is Nc1cc(F)cc(NC(=O)C2COCCO2)c1. The average molecular weight is 240 g/mol. The lowest BCUT2D eigenvalue weighted by molar-refractivity contribution is -0.142. The topological polar surface area (TPSA) is 73.6 Å². The molecule has 0 spiro atoms. The number of rotatable bonds is 2. The third-order valence-corrected chi connectivity index (χ3v) is 2.30. The summed E-state index contributed by atoms with van der Waals surface area (Å²) in [7, 11) is 0. The lowest BCUT2D eigenvalue weighted by atomic mass is 10.2. The Bertz CT molecular complexity index is 399. The number of nitrogen functional groups attached to an aromatic ring is 1. The van der Waals surface area contributed by atoms with E-state index in [2.05, 4.69) is 5.32 Å². The van der Waals surface area contributed by atoms with Gasteiger partial charge in [0.2, 0.25) is 0 Å². The third kappa shape index (κ3) is 3.15. The summed E-state index contributed by atoms with van der Waals surface area (Å²) in [4.78, 5) is 11.7. The number of halogens is 1. The summed E-state index contributed by atoms with van der Waals surface area (Å²) in [6.07, 6.45) is -0.659. The van der Waals surface area contributed by atoms with E-state index in [0.717, 1.165) is 0 Å². The molecule has 1 amide bonds. The van der Waals surface area contributed by atoms with E-state index < -0.39 is 11.9 Å². The number of nitrogens with one attached hydrogen (secondary N) is 1. The predicted molar refractivity (Wildman–Crippen MR) is 60.0 cm³/mol. The Kier molecular flexibility index (Phi) is 3.55. The van der Waals surface area contributed by atoms with Gasteiger partial charge < -0.3 is 20.5 Å². The molecule has 0 saturated carbocycles. The number of amides is 1. The van der Waals surface area contributed by atoms with Gasteiger partial charge in [0.1, 0.15) is 5.82 Å². The minimum Gasteiger partial charge on any atom is -0.399 e. The van der Waals surface area contributed by atoms with Crippen LogP contribution in [0.2, 0.25) is 0 Å². The first kappa shape index (κ1) is 11.8. The molecule has 6 heteroatoms. The quantitative estimate of drug-likeness (QED) is 0.748. The number of ether oxygens (including phenoxy) is 2. The van der Waals surface area contributed by atoms with Gasteiger partial charge in [-0.2, -0.15) is 0 Å². The highest BCUT2D eigenvalue weighted by Gasteiger charge is 2.22. The van der Waals surface area contributed by atoms with Gasteiger partial charge >= 0.3 is 0 Å². The zero-order valence-electron chi connectivity index (χ0n) is 9.11. The number of nitrogens with two attached hydrogens (primary N) is 1. The van der Waals surface area contributed by atoms with E-state index in [1.54, 1.807) is 0 Å². The fourth-order valence-corrected chi connectivity index (χ4v) is 1.55. The van der Waals surface area contributed by atoms with E-state index in [-0.39, 0.29) is 18.2 Å². The molecule has 1 unspecified atom stereocenters. The van der Waals surface area contributed by atoms with Gasteiger partial charge in [-0.25, -0.2) is 4.39 Å². The van der Waals surface area contributed by atoms with Gasteiger partial charge in [0.15, 0.2) is 6.10 Å². The van der Waals surface area contributed by atoms with Crippen LogP contribution in [0.15, 0.2) is 18.2 Å². The molecular formula is C11H13FN2O3. The lowest BCUT2D eigenvalue weighted by Crippen LogP contribution is -2.39. The molecule has 0 radical (unpaired) electrons. The van der Waals surface area contributed by atoms with Gasteiger partial charge in [0.05, 0.1) is 19.8 Å². The van der Waals surface area contributed by atoms with Crippen molar-refractivity contribution in [2.24, 2.45) is 0 Å². The van der Waals surface area contributed by atoms with E-state index in [9.17, 15) is 9.18 Å². The van der Waals surface area contributed by atoms with Crippen LogP contribution >= 0.6 is 0 Å². The number of benzene rings is 1. The van der Waals surface area contributed by atoms with Crippen LogP contribution in [-0.2, 0) is 14.3 Å². The number of anilines is 2. The Morgan fingerprint density at radius 1 is 1.41 bits per heavy atom. The minimum absolute atomic E-state index is 0.205. The van der Waals surface area contributed by atoms with Crippen LogP contribution in [0.5, 0.6) is 0 Å². The molecule has 1 aromatic rings. The zero-order chi connectivity index (χ0) is 12.3. The summed E-state index contributed by atoms with van der Waals surface area (Å²) in [5.41, 5.74) is 6.02. The fourth-order valence-electron chi connectivity index (χ4n) is 1.55. The smallest absolute Gasteiger partial charge is 0.255 e. The van der Waals surface area contributed by atoms with Crippen LogP contribution in [0.3, 0.4) is 0 Å². The molecule has 0 bridgehead atoms. The third-order valence-electron chi connectivity index (χ3n) is 2.30. The van der Waals surface area contributed by atoms with Crippen molar-refractivity contribution in [3.8, 4) is 0 Å². The summed E-state index contributed by atoms with van der Waals surface area (Å²) in [5.74, 6) is -0.865. The maximum absolute atomic E-state index is 13.0. The molecule has 17 heavy (non-hydrogen) atoms. The summed E-state index contributed by atoms with van der Waals surface area (Å²) < 4.78 is 23.3. The van der Waals surface area contributed by atoms with Gasteiger partial charge in [-0.3, -0.25) is 4.79 Å². The van der Waals surface area contributed by atoms with Gasteiger partial charge in [-0.15, -0.1) is 0 Å². The summed E-state index contributed by atoms with van der Waals surface area (Å²) in [6.45, 7) is 1.07. The largest absolute Gasteiger partial charge is 0.399 e. The van der Waals surface area contributed by atoms with Crippen molar-refractivity contribution in [3.05, 3.63) is 24.0 Å². The van der Waals surface area contributed by atoms with Crippen molar-refractivity contribution in [1.29, 1.82) is 0 Å². The number of hydrogen-bond donors (Lipinski definition) is 2. The van der Waals surface area contributed by atoms with Crippen LogP contribution < -0.4 is 11.1 Å². The number of carbonyl (C=O) groups is 1. The van der Waals surface area contributed by atoms with Crippen molar-refractivity contribution in [1.82, 2.24) is 0 Å². The summed E-state index contributed by atoms with van der Waals surface area (Å²) in [6, 6.07) is 3.85. The van der Waals surface area contributed by atoms with E-state index in [1.165, 1.54) is 18.2 Å². The van der Waals surface area contributed by atoms with E-state index >= 15 is 0 Å². The van der Waals surface area contributed by atoms with Crippen LogP contribution in [0, 0.1) is 5.82 Å². The standard InChI is InChI=1S/C11H13FN2O3/c12-7-3-8(13)5-9(4-7)14-11(15)10-6-16-1-2-17-10/h3-5,10H,1-2,6,13H2,(H,14,15). The molecule has 1 aromatic carbocycles. The van der Waals surface area contributed by atoms with Crippen molar-refractivity contribution in [2.45, 2.75) is 6.10 Å². The van der Waals surface area contributed by atoms with Gasteiger partial charge in [-0.1, -0.05) is 0 Å². The zero-order valence-corrected chi connectivity index (χ0v) is 9.11. The molecule has 1 atom stereocenters. The minimum atomic E-state index is -0.659. The Morgan fingerprint density at radius 2 is 2.24 bits per heavy atom. The van der Waals surface area contributed by atoms with Crippen molar-refractivity contribution in [3.63, 3.8) is 0 Å². The van der Waals surface area contributed by atoms with E-state index in [0.29, 0.717) is 18.9 Å². The maximum atomic E-state index is 13.0. The Balaban J connectivity index is 2.01. The van der Waals surface area contributed by atoms with Crippen LogP contribution in [-0.4, -0.2) is 31.8 Å². The Labute approximate surface area is 97.7 Å². The number of hydrogen-bond acceptors (Lipinski definition) is 4. The predicted octanol–water partition coefficient (Wildman–Crippen LogP) is 0.762. The van der Waals surface area contributed by atoms with E-state index in [1.807, 2.05) is 0 Å². The van der Waals surface area contributed by atoms with Gasteiger partial charge in [-0.05, 0) is 18.2 Å². The molecule has 3 N–H and O–H groups in total. The second-order valence-electron chi connectivity index (χ2n) is 3.70. The Morgan fingerprint density at radius 3 is 2.88 bits per heavy atom. The van der Waals surface area contributed by atoms with Gasteiger partial charge in [0, 0.05) is 11.4 Å². The summed E-state index contributed by atoms with van der Waals surface area (Å²) >= 11 is 0. The van der Waals surface area contributed by atoms with Crippen molar-refractivity contribution >= 4 is 17.3 Å². The van der Waals surface area contributed by atoms with Crippen LogP contribution in [0.1, 0.15) is 0 Å². The highest BCUT2D eigenvalue weighted by atomic mass is 19.1. The second kappa shape index (κ2) is 5.11. The lowest BCUT2D eigenvalue weighted by Gasteiger charge is -2.22. The molecule has 1 aliphatic heterocycles. The van der Waals surface area contributed by atoms with Crippen molar-refractivity contribution < 1.29 is 18.7 Å². The molecule has 1 aliphatic rings. The molecule has 1 fully saturated rings. The molecule has 0 aromatic heterocycles. The number of carbonyl (C=O) groups excluding carboxylic acids is 1. The summed E-state index contributed by atoms with van der Waals surface area (Å²) in [5, 5.41) is 2.53. The molecule has 5 nitrogen and oxygen atoms in total. The molecule has 2 rings (SSSR count). The highest BCUT2D eigenvalue weighted by Crippen LogP contribution is 2.16. The highest BCUT2D eigenvalue weighted by molar-refractivity contribution is 5.94. The van der Waals surface area contributed by atoms with Crippen molar-refractivity contribution in [2.75, 3.05) is 30.9 Å². The van der Waals surface area contributed by atoms with Crippen LogP contribution in [0.4, 0.5) is 15.8 Å². The monoisotopic (exact) mass is 240 g/mol. The maximum Gasteiger partial charge on any atom is 0.255 e. The molecule has 0 aliphatic carbocycles. The first-order valence-electron chi connectivity index (χ1n) is 5.21. The first-order chi connectivity index (χ1) is 8.15. The second-order valence-corrected chi connectivity index (χ2v) is 3.70. The van der Waals surface area contributed by atoms with Crippen LogP contribution in [0.25, 0.3) is 0 Å².